The fourth-order valence-electron chi connectivity index (χ4n) is 3.90. The van der Waals surface area contributed by atoms with Gasteiger partial charge >= 0.3 is 0 Å². The van der Waals surface area contributed by atoms with Gasteiger partial charge in [-0.25, -0.2) is 0 Å². The van der Waals surface area contributed by atoms with Crippen molar-refractivity contribution in [3.63, 3.8) is 0 Å². The van der Waals surface area contributed by atoms with Crippen LogP contribution >= 0.6 is 0 Å². The summed E-state index contributed by atoms with van der Waals surface area (Å²) in [6, 6.07) is 21.5. The first-order valence-electron chi connectivity index (χ1n) is 10.5. The molecule has 1 aliphatic rings. The van der Waals surface area contributed by atoms with E-state index in [4.69, 9.17) is 4.74 Å². The van der Waals surface area contributed by atoms with E-state index in [1.807, 2.05) is 13.1 Å². The molecule has 1 heterocycles. The number of rotatable bonds is 7. The van der Waals surface area contributed by atoms with Gasteiger partial charge in [0, 0.05) is 38.4 Å². The monoisotopic (exact) mass is 394 g/mol. The number of benzene rings is 2. The third-order valence-corrected chi connectivity index (χ3v) is 5.74. The molecule has 2 atom stereocenters. The van der Waals surface area contributed by atoms with Crippen LogP contribution in [0, 0.1) is 0 Å². The van der Waals surface area contributed by atoms with E-state index < -0.39 is 0 Å². The molecule has 0 spiro atoms. The molecule has 29 heavy (non-hydrogen) atoms. The molecule has 2 aromatic rings. The highest BCUT2D eigenvalue weighted by molar-refractivity contribution is 5.80. The Labute approximate surface area is 175 Å². The topological polar surface area (TPSA) is 57.7 Å². The van der Waals surface area contributed by atoms with Crippen LogP contribution in [-0.4, -0.2) is 38.3 Å². The van der Waals surface area contributed by atoms with E-state index in [0.29, 0.717) is 0 Å². The van der Waals surface area contributed by atoms with E-state index in [1.165, 1.54) is 11.1 Å². The van der Waals surface area contributed by atoms with Crippen LogP contribution in [0.25, 0.3) is 0 Å². The van der Waals surface area contributed by atoms with Gasteiger partial charge in [0.25, 0.3) is 0 Å². The maximum Gasteiger partial charge on any atom is 0.191 e. The molecule has 1 fully saturated rings. The van der Waals surface area contributed by atoms with E-state index in [-0.39, 0.29) is 17.6 Å². The van der Waals surface area contributed by atoms with Crippen molar-refractivity contribution in [3.05, 3.63) is 71.8 Å². The predicted molar refractivity (Wildman–Crippen MR) is 120 cm³/mol. The lowest BCUT2D eigenvalue weighted by Crippen LogP contribution is -2.58. The summed E-state index contributed by atoms with van der Waals surface area (Å²) < 4.78 is 5.65. The zero-order valence-electron chi connectivity index (χ0n) is 17.8. The Morgan fingerprint density at radius 1 is 0.931 bits per heavy atom. The summed E-state index contributed by atoms with van der Waals surface area (Å²) in [7, 11) is 1.82. The van der Waals surface area contributed by atoms with Gasteiger partial charge in [-0.2, -0.15) is 0 Å². The molecule has 5 nitrogen and oxygen atoms in total. The molecule has 0 saturated carbocycles. The average molecular weight is 395 g/mol. The Morgan fingerprint density at radius 2 is 1.48 bits per heavy atom. The molecule has 1 saturated heterocycles. The van der Waals surface area contributed by atoms with Gasteiger partial charge in [0.15, 0.2) is 5.96 Å². The Hall–Kier alpha value is -2.37. The Kier molecular flexibility index (Phi) is 7.67. The van der Waals surface area contributed by atoms with E-state index in [0.717, 1.165) is 38.6 Å². The summed E-state index contributed by atoms with van der Waals surface area (Å²) in [6.45, 7) is 6.75. The summed E-state index contributed by atoms with van der Waals surface area (Å²) in [5, 5.41) is 11.0. The minimum absolute atomic E-state index is 0.0267. The standard InChI is InChI=1S/C24H34N4O/c1-19(21-10-6-4-7-11-21)27-23(25-3)26-18-24(14-16-29-17-15-24)28-20(2)22-12-8-5-9-13-22/h4-13,19-20,28H,14-18H2,1-3H3,(H2,25,26,27). The summed E-state index contributed by atoms with van der Waals surface area (Å²) in [6.07, 6.45) is 1.95. The molecule has 0 bridgehead atoms. The van der Waals surface area contributed by atoms with Gasteiger partial charge in [0.1, 0.15) is 0 Å². The van der Waals surface area contributed by atoms with Gasteiger partial charge in [-0.15, -0.1) is 0 Å². The number of guanidine groups is 1. The minimum Gasteiger partial charge on any atom is -0.381 e. The van der Waals surface area contributed by atoms with Crippen molar-refractivity contribution in [2.45, 2.75) is 44.3 Å². The highest BCUT2D eigenvalue weighted by atomic mass is 16.5. The molecule has 2 unspecified atom stereocenters. The number of hydrogen-bond donors (Lipinski definition) is 3. The minimum atomic E-state index is -0.0267. The summed E-state index contributed by atoms with van der Waals surface area (Å²) in [5.74, 6) is 0.821. The molecule has 0 aromatic heterocycles. The largest absolute Gasteiger partial charge is 0.381 e. The molecule has 1 aliphatic heterocycles. The second kappa shape index (κ2) is 10.4. The van der Waals surface area contributed by atoms with E-state index in [1.54, 1.807) is 0 Å². The third kappa shape index (κ3) is 6.05. The number of nitrogens with one attached hydrogen (secondary N) is 3. The normalized spacial score (nSPS) is 18.7. The highest BCUT2D eigenvalue weighted by Crippen LogP contribution is 2.25. The highest BCUT2D eigenvalue weighted by Gasteiger charge is 2.34. The van der Waals surface area contributed by atoms with Crippen molar-refractivity contribution in [2.24, 2.45) is 4.99 Å². The molecule has 5 heteroatoms. The number of ether oxygens (including phenoxy) is 1. The number of hydrogen-bond acceptors (Lipinski definition) is 3. The summed E-state index contributed by atoms with van der Waals surface area (Å²) in [5.41, 5.74) is 2.52. The lowest BCUT2D eigenvalue weighted by molar-refractivity contribution is 0.0354. The van der Waals surface area contributed by atoms with Gasteiger partial charge in [-0.1, -0.05) is 60.7 Å². The van der Waals surface area contributed by atoms with Crippen LogP contribution in [-0.2, 0) is 4.74 Å². The van der Waals surface area contributed by atoms with Gasteiger partial charge in [0.05, 0.1) is 6.04 Å². The van der Waals surface area contributed by atoms with Crippen molar-refractivity contribution >= 4 is 5.96 Å². The Bertz CT molecular complexity index is 757. The molecule has 156 valence electrons. The zero-order chi connectivity index (χ0) is 20.5. The van der Waals surface area contributed by atoms with Crippen LogP contribution in [0.4, 0.5) is 0 Å². The lowest BCUT2D eigenvalue weighted by Gasteiger charge is -2.41. The fourth-order valence-corrected chi connectivity index (χ4v) is 3.90. The molecule has 3 rings (SSSR count). The number of nitrogens with zero attached hydrogens (tertiary/aromatic N) is 1. The molecule has 2 aromatic carbocycles. The first-order chi connectivity index (χ1) is 14.1. The van der Waals surface area contributed by atoms with E-state index in [2.05, 4.69) is 89.4 Å². The van der Waals surface area contributed by atoms with Crippen LogP contribution in [0.5, 0.6) is 0 Å². The SMILES string of the molecule is CN=C(NCC1(NC(C)c2ccccc2)CCOCC1)NC(C)c1ccccc1. The Morgan fingerprint density at radius 3 is 2.03 bits per heavy atom. The van der Waals surface area contributed by atoms with Gasteiger partial charge in [-0.05, 0) is 37.8 Å². The smallest absolute Gasteiger partial charge is 0.191 e. The molecule has 0 radical (unpaired) electrons. The number of aliphatic imine (C=N–C) groups is 1. The molecule has 0 amide bonds. The quantitative estimate of drug-likeness (QED) is 0.494. The fraction of sp³-hybridized carbons (Fsp3) is 0.458. The van der Waals surface area contributed by atoms with Crippen molar-refractivity contribution in [1.29, 1.82) is 0 Å². The second-order valence-electron chi connectivity index (χ2n) is 7.87. The Balaban J connectivity index is 1.63. The van der Waals surface area contributed by atoms with Crippen LogP contribution < -0.4 is 16.0 Å². The lowest BCUT2D eigenvalue weighted by atomic mass is 9.88. The van der Waals surface area contributed by atoms with Crippen molar-refractivity contribution in [1.82, 2.24) is 16.0 Å². The van der Waals surface area contributed by atoms with Crippen molar-refractivity contribution < 1.29 is 4.74 Å². The van der Waals surface area contributed by atoms with Gasteiger partial charge in [-0.3, -0.25) is 4.99 Å². The van der Waals surface area contributed by atoms with Crippen LogP contribution in [0.15, 0.2) is 65.7 Å². The maximum atomic E-state index is 5.65. The van der Waals surface area contributed by atoms with Crippen LogP contribution in [0.3, 0.4) is 0 Å². The summed E-state index contributed by atoms with van der Waals surface area (Å²) >= 11 is 0. The van der Waals surface area contributed by atoms with Crippen molar-refractivity contribution in [2.75, 3.05) is 26.8 Å². The predicted octanol–water partition coefficient (Wildman–Crippen LogP) is 3.81. The van der Waals surface area contributed by atoms with Gasteiger partial charge in [0.2, 0.25) is 0 Å². The molecule has 0 aliphatic carbocycles. The maximum absolute atomic E-state index is 5.65. The molecule has 3 N–H and O–H groups in total. The van der Waals surface area contributed by atoms with Gasteiger partial charge < -0.3 is 20.7 Å². The molecular weight excluding hydrogens is 360 g/mol. The first-order valence-corrected chi connectivity index (χ1v) is 10.5. The zero-order valence-corrected chi connectivity index (χ0v) is 17.8. The second-order valence-corrected chi connectivity index (χ2v) is 7.87. The van der Waals surface area contributed by atoms with E-state index in [9.17, 15) is 0 Å². The third-order valence-electron chi connectivity index (χ3n) is 5.74. The van der Waals surface area contributed by atoms with Crippen LogP contribution in [0.2, 0.25) is 0 Å². The first kappa shape index (κ1) is 21.3. The van der Waals surface area contributed by atoms with Crippen LogP contribution in [0.1, 0.15) is 49.9 Å². The van der Waals surface area contributed by atoms with Crippen molar-refractivity contribution in [3.8, 4) is 0 Å². The summed E-state index contributed by atoms with van der Waals surface area (Å²) in [4.78, 5) is 4.44. The molecular formula is C24H34N4O. The average Bonchev–Trinajstić information content (AvgIpc) is 2.78. The van der Waals surface area contributed by atoms with E-state index >= 15 is 0 Å².